The second-order valence-electron chi connectivity index (χ2n) is 4.09. The molecule has 0 aliphatic carbocycles. The van der Waals surface area contributed by atoms with E-state index in [4.69, 9.17) is 10.5 Å². The SMILES string of the molecule is CN1CCOC(CN)C1c1ccccc1F. The van der Waals surface area contributed by atoms with E-state index in [0.29, 0.717) is 18.7 Å². The van der Waals surface area contributed by atoms with Crippen LogP contribution in [-0.4, -0.2) is 37.7 Å². The molecule has 88 valence electrons. The Morgan fingerprint density at radius 3 is 2.94 bits per heavy atom. The summed E-state index contributed by atoms with van der Waals surface area (Å²) < 4.78 is 19.3. The third kappa shape index (κ3) is 2.09. The lowest BCUT2D eigenvalue weighted by Crippen LogP contribution is -2.46. The Morgan fingerprint density at radius 1 is 1.50 bits per heavy atom. The topological polar surface area (TPSA) is 38.5 Å². The summed E-state index contributed by atoms with van der Waals surface area (Å²) in [6.07, 6.45) is -0.129. The summed E-state index contributed by atoms with van der Waals surface area (Å²) in [5.41, 5.74) is 6.34. The summed E-state index contributed by atoms with van der Waals surface area (Å²) in [6.45, 7) is 1.86. The number of likely N-dealkylation sites (N-methyl/N-ethyl adjacent to an activating group) is 1. The van der Waals surface area contributed by atoms with Crippen molar-refractivity contribution in [3.63, 3.8) is 0 Å². The van der Waals surface area contributed by atoms with Gasteiger partial charge in [-0.3, -0.25) is 4.90 Å². The lowest BCUT2D eigenvalue weighted by Gasteiger charge is -2.39. The summed E-state index contributed by atoms with van der Waals surface area (Å²) in [6, 6.07) is 6.73. The molecule has 2 atom stereocenters. The van der Waals surface area contributed by atoms with Crippen LogP contribution in [0.2, 0.25) is 0 Å². The standard InChI is InChI=1S/C12H17FN2O/c1-15-6-7-16-11(8-14)12(15)9-4-2-3-5-10(9)13/h2-5,11-12H,6-8,14H2,1H3. The maximum absolute atomic E-state index is 13.7. The van der Waals surface area contributed by atoms with E-state index in [9.17, 15) is 4.39 Å². The van der Waals surface area contributed by atoms with Crippen molar-refractivity contribution < 1.29 is 9.13 Å². The quantitative estimate of drug-likeness (QED) is 0.819. The third-order valence-electron chi connectivity index (χ3n) is 3.06. The molecular weight excluding hydrogens is 207 g/mol. The first-order valence-electron chi connectivity index (χ1n) is 5.50. The minimum atomic E-state index is -0.191. The molecule has 1 aromatic rings. The molecule has 2 unspecified atom stereocenters. The molecular formula is C12H17FN2O. The highest BCUT2D eigenvalue weighted by Crippen LogP contribution is 2.29. The third-order valence-corrected chi connectivity index (χ3v) is 3.06. The first kappa shape index (κ1) is 11.5. The molecule has 1 aliphatic rings. The van der Waals surface area contributed by atoms with Gasteiger partial charge in [0.1, 0.15) is 5.82 Å². The molecule has 1 aromatic carbocycles. The van der Waals surface area contributed by atoms with Crippen molar-refractivity contribution in [2.75, 3.05) is 26.7 Å². The van der Waals surface area contributed by atoms with Crippen LogP contribution in [0.25, 0.3) is 0 Å². The lowest BCUT2D eigenvalue weighted by atomic mass is 9.98. The van der Waals surface area contributed by atoms with Gasteiger partial charge in [0, 0.05) is 18.7 Å². The summed E-state index contributed by atoms with van der Waals surface area (Å²) >= 11 is 0. The molecule has 0 saturated carbocycles. The van der Waals surface area contributed by atoms with Gasteiger partial charge in [-0.1, -0.05) is 18.2 Å². The Balaban J connectivity index is 2.32. The molecule has 4 heteroatoms. The van der Waals surface area contributed by atoms with Gasteiger partial charge in [-0.2, -0.15) is 0 Å². The van der Waals surface area contributed by atoms with Gasteiger partial charge < -0.3 is 10.5 Å². The van der Waals surface area contributed by atoms with Crippen molar-refractivity contribution in [1.82, 2.24) is 4.90 Å². The zero-order valence-corrected chi connectivity index (χ0v) is 9.40. The van der Waals surface area contributed by atoms with Crippen LogP contribution in [0.3, 0.4) is 0 Å². The van der Waals surface area contributed by atoms with Crippen LogP contribution >= 0.6 is 0 Å². The van der Waals surface area contributed by atoms with Gasteiger partial charge >= 0.3 is 0 Å². The van der Waals surface area contributed by atoms with Crippen molar-refractivity contribution in [2.24, 2.45) is 5.73 Å². The highest BCUT2D eigenvalue weighted by molar-refractivity contribution is 5.23. The monoisotopic (exact) mass is 224 g/mol. The normalized spacial score (nSPS) is 26.9. The second kappa shape index (κ2) is 4.91. The predicted octanol–water partition coefficient (Wildman–Crippen LogP) is 1.16. The Kier molecular flexibility index (Phi) is 3.53. The highest BCUT2D eigenvalue weighted by atomic mass is 19.1. The number of morpholine rings is 1. The average Bonchev–Trinajstić information content (AvgIpc) is 2.30. The summed E-state index contributed by atoms with van der Waals surface area (Å²) in [5, 5.41) is 0. The van der Waals surface area contributed by atoms with E-state index in [0.717, 1.165) is 6.54 Å². The number of hydrogen-bond donors (Lipinski definition) is 1. The van der Waals surface area contributed by atoms with Gasteiger partial charge in [0.05, 0.1) is 18.8 Å². The zero-order chi connectivity index (χ0) is 11.5. The van der Waals surface area contributed by atoms with Crippen molar-refractivity contribution in [3.8, 4) is 0 Å². The summed E-state index contributed by atoms with van der Waals surface area (Å²) in [7, 11) is 1.97. The molecule has 2 N–H and O–H groups in total. The molecule has 16 heavy (non-hydrogen) atoms. The Labute approximate surface area is 95.0 Å². The summed E-state index contributed by atoms with van der Waals surface area (Å²) in [4.78, 5) is 2.10. The van der Waals surface area contributed by atoms with E-state index in [1.807, 2.05) is 13.1 Å². The Bertz CT molecular complexity index is 359. The molecule has 0 bridgehead atoms. The number of benzene rings is 1. The maximum Gasteiger partial charge on any atom is 0.128 e. The zero-order valence-electron chi connectivity index (χ0n) is 9.40. The highest BCUT2D eigenvalue weighted by Gasteiger charge is 2.31. The molecule has 0 aromatic heterocycles. The van der Waals surface area contributed by atoms with Crippen molar-refractivity contribution in [3.05, 3.63) is 35.6 Å². The number of ether oxygens (including phenoxy) is 1. The molecule has 1 heterocycles. The number of halogens is 1. The van der Waals surface area contributed by atoms with Crippen LogP contribution in [0.1, 0.15) is 11.6 Å². The first-order chi connectivity index (χ1) is 7.74. The predicted molar refractivity (Wildman–Crippen MR) is 60.6 cm³/mol. The number of rotatable bonds is 2. The first-order valence-corrected chi connectivity index (χ1v) is 5.50. The molecule has 1 saturated heterocycles. The van der Waals surface area contributed by atoms with E-state index < -0.39 is 0 Å². The number of nitrogens with zero attached hydrogens (tertiary/aromatic N) is 1. The minimum Gasteiger partial charge on any atom is -0.374 e. The maximum atomic E-state index is 13.7. The van der Waals surface area contributed by atoms with Crippen LogP contribution in [0, 0.1) is 5.82 Å². The summed E-state index contributed by atoms with van der Waals surface area (Å²) in [5.74, 6) is -0.191. The Morgan fingerprint density at radius 2 is 2.25 bits per heavy atom. The minimum absolute atomic E-state index is 0.0834. The van der Waals surface area contributed by atoms with Crippen LogP contribution in [0.5, 0.6) is 0 Å². The largest absolute Gasteiger partial charge is 0.374 e. The van der Waals surface area contributed by atoms with E-state index in [-0.39, 0.29) is 18.0 Å². The van der Waals surface area contributed by atoms with Gasteiger partial charge in [-0.15, -0.1) is 0 Å². The van der Waals surface area contributed by atoms with E-state index in [1.54, 1.807) is 12.1 Å². The molecule has 1 fully saturated rings. The molecule has 1 aliphatic heterocycles. The van der Waals surface area contributed by atoms with Crippen LogP contribution in [-0.2, 0) is 4.74 Å². The van der Waals surface area contributed by atoms with Gasteiger partial charge in [-0.25, -0.2) is 4.39 Å². The number of hydrogen-bond acceptors (Lipinski definition) is 3. The van der Waals surface area contributed by atoms with Gasteiger partial charge in [0.15, 0.2) is 0 Å². The van der Waals surface area contributed by atoms with Crippen LogP contribution in [0.15, 0.2) is 24.3 Å². The molecule has 0 radical (unpaired) electrons. The van der Waals surface area contributed by atoms with Gasteiger partial charge in [0.25, 0.3) is 0 Å². The van der Waals surface area contributed by atoms with Crippen molar-refractivity contribution in [1.29, 1.82) is 0 Å². The van der Waals surface area contributed by atoms with Crippen molar-refractivity contribution in [2.45, 2.75) is 12.1 Å². The smallest absolute Gasteiger partial charge is 0.128 e. The average molecular weight is 224 g/mol. The Hall–Kier alpha value is -0.970. The molecule has 2 rings (SSSR count). The lowest BCUT2D eigenvalue weighted by molar-refractivity contribution is -0.0586. The fourth-order valence-corrected chi connectivity index (χ4v) is 2.21. The van der Waals surface area contributed by atoms with Crippen molar-refractivity contribution >= 4 is 0 Å². The van der Waals surface area contributed by atoms with Crippen LogP contribution in [0.4, 0.5) is 4.39 Å². The fourth-order valence-electron chi connectivity index (χ4n) is 2.21. The van der Waals surface area contributed by atoms with E-state index >= 15 is 0 Å². The van der Waals surface area contributed by atoms with Crippen LogP contribution < -0.4 is 5.73 Å². The van der Waals surface area contributed by atoms with Gasteiger partial charge in [0.2, 0.25) is 0 Å². The fraction of sp³-hybridized carbons (Fsp3) is 0.500. The van der Waals surface area contributed by atoms with E-state index in [1.165, 1.54) is 6.07 Å². The molecule has 3 nitrogen and oxygen atoms in total. The van der Waals surface area contributed by atoms with E-state index in [2.05, 4.69) is 4.90 Å². The van der Waals surface area contributed by atoms with Gasteiger partial charge in [-0.05, 0) is 13.1 Å². The second-order valence-corrected chi connectivity index (χ2v) is 4.09. The molecule has 0 amide bonds. The number of nitrogens with two attached hydrogens (primary N) is 1. The molecule has 0 spiro atoms.